The molecule has 0 spiro atoms. The third-order valence-electron chi connectivity index (χ3n) is 2.91. The standard InChI is InChI=1S/C14H19N3S/c1-3-7-13-16-14(18-17-13)10-12(15-2)11-8-5-4-6-9-11/h4-6,8-9,12,15H,3,7,10H2,1-2H3. The van der Waals surface area contributed by atoms with E-state index in [0.717, 1.165) is 30.1 Å². The minimum absolute atomic E-state index is 0.314. The summed E-state index contributed by atoms with van der Waals surface area (Å²) in [4.78, 5) is 4.58. The van der Waals surface area contributed by atoms with Crippen molar-refractivity contribution in [2.24, 2.45) is 0 Å². The van der Waals surface area contributed by atoms with Gasteiger partial charge < -0.3 is 5.32 Å². The summed E-state index contributed by atoms with van der Waals surface area (Å²) in [7, 11) is 1.99. The van der Waals surface area contributed by atoms with Crippen LogP contribution in [0.3, 0.4) is 0 Å². The van der Waals surface area contributed by atoms with E-state index in [9.17, 15) is 0 Å². The number of rotatable bonds is 6. The topological polar surface area (TPSA) is 37.8 Å². The maximum absolute atomic E-state index is 4.58. The fourth-order valence-corrected chi connectivity index (χ4v) is 2.68. The molecule has 0 saturated heterocycles. The van der Waals surface area contributed by atoms with E-state index < -0.39 is 0 Å². The first-order valence-electron chi connectivity index (χ1n) is 6.37. The highest BCUT2D eigenvalue weighted by molar-refractivity contribution is 7.05. The molecule has 96 valence electrons. The SMILES string of the molecule is CCCc1nsc(CC(NC)c2ccccc2)n1. The Morgan fingerprint density at radius 2 is 2.06 bits per heavy atom. The van der Waals surface area contributed by atoms with Crippen LogP contribution in [-0.4, -0.2) is 16.4 Å². The van der Waals surface area contributed by atoms with Crippen molar-refractivity contribution in [3.63, 3.8) is 0 Å². The van der Waals surface area contributed by atoms with Gasteiger partial charge in [0.05, 0.1) is 0 Å². The lowest BCUT2D eigenvalue weighted by Gasteiger charge is -2.14. The lowest BCUT2D eigenvalue weighted by molar-refractivity contribution is 0.589. The van der Waals surface area contributed by atoms with Crippen LogP contribution in [-0.2, 0) is 12.8 Å². The van der Waals surface area contributed by atoms with E-state index in [0.29, 0.717) is 6.04 Å². The molecule has 1 unspecified atom stereocenters. The van der Waals surface area contributed by atoms with Gasteiger partial charge in [-0.15, -0.1) is 0 Å². The number of aryl methyl sites for hydroxylation is 1. The summed E-state index contributed by atoms with van der Waals surface area (Å²) in [6.45, 7) is 2.15. The molecule has 2 aromatic rings. The summed E-state index contributed by atoms with van der Waals surface area (Å²) in [5.41, 5.74) is 1.30. The van der Waals surface area contributed by atoms with Crippen molar-refractivity contribution < 1.29 is 0 Å². The summed E-state index contributed by atoms with van der Waals surface area (Å²) in [5, 5.41) is 4.46. The zero-order chi connectivity index (χ0) is 12.8. The molecule has 0 radical (unpaired) electrons. The van der Waals surface area contributed by atoms with Crippen molar-refractivity contribution in [2.75, 3.05) is 7.05 Å². The molecule has 0 bridgehead atoms. The Labute approximate surface area is 112 Å². The van der Waals surface area contributed by atoms with Gasteiger partial charge in [0.25, 0.3) is 0 Å². The Kier molecular flexibility index (Phi) is 4.84. The number of nitrogens with one attached hydrogen (secondary N) is 1. The average molecular weight is 261 g/mol. The van der Waals surface area contributed by atoms with Gasteiger partial charge in [-0.25, -0.2) is 4.98 Å². The molecule has 0 fully saturated rings. The van der Waals surface area contributed by atoms with Crippen LogP contribution >= 0.6 is 11.5 Å². The lowest BCUT2D eigenvalue weighted by Crippen LogP contribution is -2.18. The molecule has 0 aliphatic heterocycles. The van der Waals surface area contributed by atoms with E-state index in [2.05, 4.69) is 45.9 Å². The van der Waals surface area contributed by atoms with Gasteiger partial charge >= 0.3 is 0 Å². The summed E-state index contributed by atoms with van der Waals surface area (Å²) in [5.74, 6) is 0.986. The van der Waals surface area contributed by atoms with Crippen molar-refractivity contribution in [1.82, 2.24) is 14.7 Å². The van der Waals surface area contributed by atoms with E-state index >= 15 is 0 Å². The van der Waals surface area contributed by atoms with Gasteiger partial charge in [0.1, 0.15) is 10.8 Å². The zero-order valence-electron chi connectivity index (χ0n) is 10.9. The van der Waals surface area contributed by atoms with Gasteiger partial charge in [0, 0.05) is 18.9 Å². The van der Waals surface area contributed by atoms with Gasteiger partial charge in [-0.3, -0.25) is 0 Å². The minimum Gasteiger partial charge on any atom is -0.313 e. The summed E-state index contributed by atoms with van der Waals surface area (Å²) in [6, 6.07) is 10.8. The third kappa shape index (κ3) is 3.37. The van der Waals surface area contributed by atoms with Crippen molar-refractivity contribution in [3.8, 4) is 0 Å². The van der Waals surface area contributed by atoms with E-state index in [1.165, 1.54) is 17.1 Å². The molecule has 4 heteroatoms. The van der Waals surface area contributed by atoms with Crippen LogP contribution in [0, 0.1) is 0 Å². The Morgan fingerprint density at radius 3 is 2.72 bits per heavy atom. The first-order valence-corrected chi connectivity index (χ1v) is 7.14. The molecular weight excluding hydrogens is 242 g/mol. The second kappa shape index (κ2) is 6.61. The number of likely N-dealkylation sites (N-methyl/N-ethyl adjacent to an activating group) is 1. The molecule has 0 aliphatic rings. The molecule has 18 heavy (non-hydrogen) atoms. The van der Waals surface area contributed by atoms with Crippen LogP contribution in [0.25, 0.3) is 0 Å². The zero-order valence-corrected chi connectivity index (χ0v) is 11.7. The predicted octanol–water partition coefficient (Wildman–Crippen LogP) is 2.99. The van der Waals surface area contributed by atoms with E-state index in [1.807, 2.05) is 13.1 Å². The normalized spacial score (nSPS) is 12.6. The highest BCUT2D eigenvalue weighted by atomic mass is 32.1. The minimum atomic E-state index is 0.314. The Balaban J connectivity index is 2.06. The molecule has 0 saturated carbocycles. The van der Waals surface area contributed by atoms with Crippen molar-refractivity contribution in [2.45, 2.75) is 32.2 Å². The number of hydrogen-bond donors (Lipinski definition) is 1. The Hall–Kier alpha value is -1.26. The summed E-state index contributed by atoms with van der Waals surface area (Å²) >= 11 is 1.53. The quantitative estimate of drug-likeness (QED) is 0.868. The van der Waals surface area contributed by atoms with Gasteiger partial charge in [-0.05, 0) is 30.6 Å². The number of hydrogen-bond acceptors (Lipinski definition) is 4. The lowest BCUT2D eigenvalue weighted by atomic mass is 10.0. The molecule has 0 amide bonds. The third-order valence-corrected chi connectivity index (χ3v) is 3.68. The van der Waals surface area contributed by atoms with Gasteiger partial charge in [-0.1, -0.05) is 37.3 Å². The second-order valence-corrected chi connectivity index (χ2v) is 5.15. The molecule has 0 aliphatic carbocycles. The number of benzene rings is 1. The van der Waals surface area contributed by atoms with Crippen LogP contribution in [0.1, 0.15) is 35.8 Å². The highest BCUT2D eigenvalue weighted by Gasteiger charge is 2.12. The van der Waals surface area contributed by atoms with Gasteiger partial charge in [-0.2, -0.15) is 4.37 Å². The predicted molar refractivity (Wildman–Crippen MR) is 75.9 cm³/mol. The second-order valence-electron chi connectivity index (χ2n) is 4.31. The summed E-state index contributed by atoms with van der Waals surface area (Å²) < 4.78 is 4.39. The maximum Gasteiger partial charge on any atom is 0.142 e. The van der Waals surface area contributed by atoms with Crippen molar-refractivity contribution in [1.29, 1.82) is 0 Å². The smallest absolute Gasteiger partial charge is 0.142 e. The van der Waals surface area contributed by atoms with E-state index in [1.54, 1.807) is 0 Å². The molecular formula is C14H19N3S. The summed E-state index contributed by atoms with van der Waals surface area (Å²) in [6.07, 6.45) is 2.98. The van der Waals surface area contributed by atoms with Crippen molar-refractivity contribution in [3.05, 3.63) is 46.7 Å². The molecule has 1 heterocycles. The molecule has 1 N–H and O–H groups in total. The van der Waals surface area contributed by atoms with E-state index in [-0.39, 0.29) is 0 Å². The number of nitrogens with zero attached hydrogens (tertiary/aromatic N) is 2. The Morgan fingerprint density at radius 1 is 1.28 bits per heavy atom. The van der Waals surface area contributed by atoms with Crippen LogP contribution in [0.15, 0.2) is 30.3 Å². The maximum atomic E-state index is 4.58. The number of aromatic nitrogens is 2. The van der Waals surface area contributed by atoms with Crippen LogP contribution in [0.2, 0.25) is 0 Å². The molecule has 1 atom stereocenters. The first-order chi connectivity index (χ1) is 8.83. The molecule has 3 nitrogen and oxygen atoms in total. The highest BCUT2D eigenvalue weighted by Crippen LogP contribution is 2.19. The van der Waals surface area contributed by atoms with Crippen LogP contribution in [0.4, 0.5) is 0 Å². The monoisotopic (exact) mass is 261 g/mol. The fourth-order valence-electron chi connectivity index (χ4n) is 1.94. The van der Waals surface area contributed by atoms with E-state index in [4.69, 9.17) is 0 Å². The van der Waals surface area contributed by atoms with Gasteiger partial charge in [0.15, 0.2) is 0 Å². The molecule has 2 rings (SSSR count). The fraction of sp³-hybridized carbons (Fsp3) is 0.429. The largest absolute Gasteiger partial charge is 0.313 e. The Bertz CT molecular complexity index is 467. The van der Waals surface area contributed by atoms with Crippen molar-refractivity contribution >= 4 is 11.5 Å². The van der Waals surface area contributed by atoms with Gasteiger partial charge in [0.2, 0.25) is 0 Å². The average Bonchev–Trinajstić information content (AvgIpc) is 2.85. The molecule has 1 aromatic carbocycles. The van der Waals surface area contributed by atoms with Crippen LogP contribution in [0.5, 0.6) is 0 Å². The van der Waals surface area contributed by atoms with Crippen LogP contribution < -0.4 is 5.32 Å². The first kappa shape index (κ1) is 13.2. The molecule has 1 aromatic heterocycles.